The highest BCUT2D eigenvalue weighted by atomic mass is 32.1. The van der Waals surface area contributed by atoms with Gasteiger partial charge in [-0.1, -0.05) is 42.5 Å². The van der Waals surface area contributed by atoms with Crippen LogP contribution >= 0.6 is 11.3 Å². The summed E-state index contributed by atoms with van der Waals surface area (Å²) < 4.78 is 6.21. The Kier molecular flexibility index (Phi) is 7.94. The van der Waals surface area contributed by atoms with Gasteiger partial charge in [0.05, 0.1) is 16.3 Å². The molecule has 8 nitrogen and oxygen atoms in total. The third-order valence-corrected chi connectivity index (χ3v) is 5.57. The monoisotopic (exact) mass is 439 g/mol. The van der Waals surface area contributed by atoms with Crippen molar-refractivity contribution in [2.75, 3.05) is 6.54 Å². The Labute approximate surface area is 184 Å². The van der Waals surface area contributed by atoms with Crippen LogP contribution in [0.1, 0.15) is 34.6 Å². The Balaban J connectivity index is 1.65. The molecule has 0 aliphatic carbocycles. The topological polar surface area (TPSA) is 133 Å². The summed E-state index contributed by atoms with van der Waals surface area (Å²) in [6, 6.07) is 16.1. The number of aromatic nitrogens is 1. The van der Waals surface area contributed by atoms with Gasteiger partial charge < -0.3 is 21.5 Å². The van der Waals surface area contributed by atoms with Crippen molar-refractivity contribution in [2.24, 2.45) is 16.5 Å². The summed E-state index contributed by atoms with van der Waals surface area (Å²) in [5, 5.41) is 3.06. The lowest BCUT2D eigenvalue weighted by Gasteiger charge is -2.16. The number of Topliss-reactive ketones (excluding diaryl/α,β-unsaturated/α-hetero) is 1. The van der Waals surface area contributed by atoms with E-state index in [4.69, 9.17) is 16.2 Å². The lowest BCUT2D eigenvalue weighted by atomic mass is 10.1. The zero-order valence-electron chi connectivity index (χ0n) is 17.0. The number of ether oxygens (including phenoxy) is 1. The normalized spacial score (nSPS) is 11.6. The summed E-state index contributed by atoms with van der Waals surface area (Å²) in [7, 11) is 0. The van der Waals surface area contributed by atoms with Crippen molar-refractivity contribution in [3.05, 3.63) is 65.2 Å². The quantitative estimate of drug-likeness (QED) is 0.192. The second-order valence-electron chi connectivity index (χ2n) is 6.91. The number of thiazole rings is 1. The molecule has 162 valence electrons. The average Bonchev–Trinajstić information content (AvgIpc) is 3.21. The molecular weight excluding hydrogens is 414 g/mol. The molecule has 0 unspecified atom stereocenters. The van der Waals surface area contributed by atoms with Crippen molar-refractivity contribution in [2.45, 2.75) is 31.9 Å². The molecule has 0 aliphatic rings. The Morgan fingerprint density at radius 1 is 1.06 bits per heavy atom. The Hall–Kier alpha value is -3.46. The number of carbonyl (C=O) groups is 2. The fourth-order valence-electron chi connectivity index (χ4n) is 2.97. The Morgan fingerprint density at radius 2 is 1.81 bits per heavy atom. The molecule has 0 radical (unpaired) electrons. The van der Waals surface area contributed by atoms with E-state index >= 15 is 0 Å². The number of carbonyl (C=O) groups excluding carboxylic acids is 2. The van der Waals surface area contributed by atoms with Crippen LogP contribution in [0.25, 0.3) is 10.2 Å². The number of guanidine groups is 1. The molecule has 3 rings (SSSR count). The molecule has 1 aromatic heterocycles. The summed E-state index contributed by atoms with van der Waals surface area (Å²) >= 11 is 1.31. The van der Waals surface area contributed by atoms with Crippen LogP contribution in [0, 0.1) is 0 Å². The van der Waals surface area contributed by atoms with Crippen LogP contribution in [-0.4, -0.2) is 35.4 Å². The second-order valence-corrected chi connectivity index (χ2v) is 7.94. The molecule has 0 spiro atoms. The molecule has 3 aromatic rings. The van der Waals surface area contributed by atoms with Crippen molar-refractivity contribution in [3.63, 3.8) is 0 Å². The number of nitrogens with two attached hydrogens (primary N) is 2. The van der Waals surface area contributed by atoms with Crippen molar-refractivity contribution < 1.29 is 14.3 Å². The maximum atomic E-state index is 13.1. The molecule has 0 bridgehead atoms. The van der Waals surface area contributed by atoms with E-state index in [2.05, 4.69) is 15.3 Å². The Bertz CT molecular complexity index is 1010. The van der Waals surface area contributed by atoms with Gasteiger partial charge in [-0.25, -0.2) is 9.78 Å². The van der Waals surface area contributed by atoms with Gasteiger partial charge >= 0.3 is 6.09 Å². The van der Waals surface area contributed by atoms with Gasteiger partial charge in [-0.05, 0) is 37.0 Å². The van der Waals surface area contributed by atoms with E-state index in [1.807, 2.05) is 54.6 Å². The average molecular weight is 440 g/mol. The standard InChI is InChI=1S/C22H25N5O3S/c23-21(24)25-13-7-6-11-17(27-22(29)30-14-15-8-2-1-3-9-15)19(28)20-26-16-10-4-5-12-18(16)31-20/h1-5,8-10,12,17H,6-7,11,13-14H2,(H,27,29)(H4,23,24,25)/t17-/m0/s1. The number of aliphatic imine (C=N–C) groups is 1. The van der Waals surface area contributed by atoms with Gasteiger partial charge in [0.25, 0.3) is 0 Å². The molecule has 0 aliphatic heterocycles. The molecule has 1 atom stereocenters. The van der Waals surface area contributed by atoms with Gasteiger partial charge in [0.15, 0.2) is 11.0 Å². The van der Waals surface area contributed by atoms with Crippen LogP contribution < -0.4 is 16.8 Å². The molecular formula is C22H25N5O3S. The predicted octanol–water partition coefficient (Wildman–Crippen LogP) is 3.22. The van der Waals surface area contributed by atoms with E-state index in [-0.39, 0.29) is 18.3 Å². The number of nitrogens with one attached hydrogen (secondary N) is 1. The van der Waals surface area contributed by atoms with Gasteiger partial charge in [0.2, 0.25) is 5.78 Å². The number of hydrogen-bond donors (Lipinski definition) is 3. The van der Waals surface area contributed by atoms with E-state index in [0.717, 1.165) is 15.8 Å². The second kappa shape index (κ2) is 11.1. The molecule has 31 heavy (non-hydrogen) atoms. The van der Waals surface area contributed by atoms with Crippen LogP contribution in [0.5, 0.6) is 0 Å². The largest absolute Gasteiger partial charge is 0.445 e. The number of nitrogens with zero attached hydrogens (tertiary/aromatic N) is 2. The van der Waals surface area contributed by atoms with Crippen LogP contribution in [0.15, 0.2) is 59.6 Å². The third kappa shape index (κ3) is 6.78. The van der Waals surface area contributed by atoms with Crippen molar-refractivity contribution in [1.82, 2.24) is 10.3 Å². The number of ketones is 1. The first-order valence-corrected chi connectivity index (χ1v) is 10.8. The van der Waals surface area contributed by atoms with Crippen molar-refractivity contribution in [3.8, 4) is 0 Å². The number of amides is 1. The molecule has 0 fully saturated rings. The number of alkyl carbamates (subject to hydrolysis) is 1. The van der Waals surface area contributed by atoms with E-state index in [1.165, 1.54) is 11.3 Å². The number of rotatable bonds is 10. The first-order valence-electron chi connectivity index (χ1n) is 9.95. The number of para-hydroxylation sites is 1. The summed E-state index contributed by atoms with van der Waals surface area (Å²) in [5.74, 6) is -0.204. The highest BCUT2D eigenvalue weighted by molar-refractivity contribution is 7.20. The maximum Gasteiger partial charge on any atom is 0.408 e. The van der Waals surface area contributed by atoms with Crippen molar-refractivity contribution in [1.29, 1.82) is 0 Å². The maximum absolute atomic E-state index is 13.1. The van der Waals surface area contributed by atoms with Crippen LogP contribution in [0.3, 0.4) is 0 Å². The van der Waals surface area contributed by atoms with Crippen LogP contribution in [0.2, 0.25) is 0 Å². The zero-order chi connectivity index (χ0) is 22.1. The SMILES string of the molecule is NC(N)=NCCCC[C@H](NC(=O)OCc1ccccc1)C(=O)c1nc2ccccc2s1. The summed E-state index contributed by atoms with van der Waals surface area (Å²) in [5.41, 5.74) is 12.3. The minimum atomic E-state index is -0.747. The number of unbranched alkanes of at least 4 members (excludes halogenated alkanes) is 1. The van der Waals surface area contributed by atoms with E-state index < -0.39 is 12.1 Å². The fourth-order valence-corrected chi connectivity index (χ4v) is 3.93. The summed E-state index contributed by atoms with van der Waals surface area (Å²) in [6.07, 6.45) is 1.11. The number of fused-ring (bicyclic) bond motifs is 1. The molecule has 1 heterocycles. The molecule has 2 aromatic carbocycles. The number of hydrogen-bond acceptors (Lipinski definition) is 6. The Morgan fingerprint density at radius 3 is 2.55 bits per heavy atom. The lowest BCUT2D eigenvalue weighted by molar-refractivity contribution is 0.0909. The first-order chi connectivity index (χ1) is 15.0. The van der Waals surface area contributed by atoms with Gasteiger partial charge in [0.1, 0.15) is 6.61 Å². The number of benzene rings is 2. The van der Waals surface area contributed by atoms with Gasteiger partial charge in [-0.15, -0.1) is 11.3 Å². The highest BCUT2D eigenvalue weighted by Crippen LogP contribution is 2.23. The lowest BCUT2D eigenvalue weighted by Crippen LogP contribution is -2.41. The van der Waals surface area contributed by atoms with Crippen LogP contribution in [0.4, 0.5) is 4.79 Å². The van der Waals surface area contributed by atoms with E-state index in [9.17, 15) is 9.59 Å². The van der Waals surface area contributed by atoms with Gasteiger partial charge in [-0.3, -0.25) is 9.79 Å². The van der Waals surface area contributed by atoms with E-state index in [0.29, 0.717) is 30.8 Å². The smallest absolute Gasteiger partial charge is 0.408 e. The summed E-state index contributed by atoms with van der Waals surface area (Å²) in [6.45, 7) is 0.585. The first kappa shape index (κ1) is 22.2. The molecule has 0 saturated carbocycles. The molecule has 5 N–H and O–H groups in total. The van der Waals surface area contributed by atoms with Gasteiger partial charge in [0, 0.05) is 6.54 Å². The van der Waals surface area contributed by atoms with Crippen molar-refractivity contribution >= 4 is 39.4 Å². The van der Waals surface area contributed by atoms with E-state index in [1.54, 1.807) is 0 Å². The van der Waals surface area contributed by atoms with Gasteiger partial charge in [-0.2, -0.15) is 0 Å². The predicted molar refractivity (Wildman–Crippen MR) is 122 cm³/mol. The summed E-state index contributed by atoms with van der Waals surface area (Å²) in [4.78, 5) is 33.8. The molecule has 9 heteroatoms. The fraction of sp³-hybridized carbons (Fsp3) is 0.273. The van der Waals surface area contributed by atoms with Crippen LogP contribution in [-0.2, 0) is 11.3 Å². The minimum Gasteiger partial charge on any atom is -0.445 e. The third-order valence-electron chi connectivity index (χ3n) is 4.52. The zero-order valence-corrected chi connectivity index (χ0v) is 17.8. The highest BCUT2D eigenvalue weighted by Gasteiger charge is 2.25. The molecule has 1 amide bonds. The molecule has 0 saturated heterocycles. The minimum absolute atomic E-state index is 0.0321.